The molecule has 0 aliphatic rings. The smallest absolute Gasteiger partial charge is 0.277 e. The van der Waals surface area contributed by atoms with Crippen LogP contribution in [-0.4, -0.2) is 20.8 Å². The Morgan fingerprint density at radius 1 is 1.33 bits per heavy atom. The van der Waals surface area contributed by atoms with Crippen molar-refractivity contribution in [3.8, 4) is 5.69 Å². The first-order valence-electron chi connectivity index (χ1n) is 6.28. The SMILES string of the molecule is Cc1cc(NC(=O)c2ccn(-c3cccc(N)c3)n2)no1. The summed E-state index contributed by atoms with van der Waals surface area (Å²) in [5.74, 6) is 0.623. The van der Waals surface area contributed by atoms with E-state index in [1.54, 1.807) is 42.1 Å². The van der Waals surface area contributed by atoms with Gasteiger partial charge in [0.15, 0.2) is 11.5 Å². The quantitative estimate of drug-likeness (QED) is 0.716. The molecular formula is C14H13N5O2. The zero-order valence-corrected chi connectivity index (χ0v) is 11.3. The summed E-state index contributed by atoms with van der Waals surface area (Å²) in [6.45, 7) is 1.75. The lowest BCUT2D eigenvalue weighted by Gasteiger charge is -2.02. The number of rotatable bonds is 3. The Balaban J connectivity index is 1.80. The van der Waals surface area contributed by atoms with Crippen molar-refractivity contribution in [2.75, 3.05) is 11.1 Å². The number of anilines is 2. The number of nitrogen functional groups attached to an aromatic ring is 1. The lowest BCUT2D eigenvalue weighted by molar-refractivity contribution is 0.102. The third-order valence-electron chi connectivity index (χ3n) is 2.83. The summed E-state index contributed by atoms with van der Waals surface area (Å²) >= 11 is 0. The molecule has 3 N–H and O–H groups in total. The zero-order valence-electron chi connectivity index (χ0n) is 11.3. The number of aryl methyl sites for hydroxylation is 1. The van der Waals surface area contributed by atoms with Gasteiger partial charge in [0.2, 0.25) is 0 Å². The van der Waals surface area contributed by atoms with Crippen molar-refractivity contribution in [3.63, 3.8) is 0 Å². The number of aromatic nitrogens is 3. The molecule has 7 heteroatoms. The van der Waals surface area contributed by atoms with E-state index in [0.29, 0.717) is 17.3 Å². The number of carbonyl (C=O) groups excluding carboxylic acids is 1. The van der Waals surface area contributed by atoms with Gasteiger partial charge in [0.25, 0.3) is 5.91 Å². The average Bonchev–Trinajstić information content (AvgIpc) is 3.08. The van der Waals surface area contributed by atoms with Crippen LogP contribution in [-0.2, 0) is 0 Å². The highest BCUT2D eigenvalue weighted by Crippen LogP contribution is 2.13. The van der Waals surface area contributed by atoms with Gasteiger partial charge in [0.1, 0.15) is 5.76 Å². The third kappa shape index (κ3) is 2.76. The monoisotopic (exact) mass is 283 g/mol. The Kier molecular flexibility index (Phi) is 3.15. The number of amides is 1. The predicted molar refractivity (Wildman–Crippen MR) is 77.2 cm³/mol. The Bertz CT molecular complexity index is 790. The topological polar surface area (TPSA) is 99.0 Å². The average molecular weight is 283 g/mol. The van der Waals surface area contributed by atoms with Crippen molar-refractivity contribution in [1.29, 1.82) is 0 Å². The molecule has 2 aromatic heterocycles. The van der Waals surface area contributed by atoms with Gasteiger partial charge in [-0.05, 0) is 31.2 Å². The highest BCUT2D eigenvalue weighted by atomic mass is 16.5. The second kappa shape index (κ2) is 5.12. The van der Waals surface area contributed by atoms with Crippen LogP contribution in [0.15, 0.2) is 47.1 Å². The van der Waals surface area contributed by atoms with Gasteiger partial charge in [-0.25, -0.2) is 4.68 Å². The predicted octanol–water partition coefficient (Wildman–Crippen LogP) is 2.00. The molecule has 0 radical (unpaired) electrons. The summed E-state index contributed by atoms with van der Waals surface area (Å²) in [6, 6.07) is 10.5. The summed E-state index contributed by atoms with van der Waals surface area (Å²) < 4.78 is 6.47. The van der Waals surface area contributed by atoms with Crippen LogP contribution in [0.4, 0.5) is 11.5 Å². The van der Waals surface area contributed by atoms with Gasteiger partial charge in [-0.3, -0.25) is 4.79 Å². The first kappa shape index (κ1) is 12.9. The van der Waals surface area contributed by atoms with Crippen LogP contribution >= 0.6 is 0 Å². The lowest BCUT2D eigenvalue weighted by Crippen LogP contribution is -2.13. The Hall–Kier alpha value is -3.09. The Morgan fingerprint density at radius 3 is 2.90 bits per heavy atom. The van der Waals surface area contributed by atoms with Gasteiger partial charge in [0.05, 0.1) is 5.69 Å². The van der Waals surface area contributed by atoms with Crippen molar-refractivity contribution in [3.05, 3.63) is 54.0 Å². The molecule has 0 saturated heterocycles. The minimum atomic E-state index is -0.356. The molecule has 0 atom stereocenters. The van der Waals surface area contributed by atoms with Crippen LogP contribution in [0.25, 0.3) is 5.69 Å². The minimum Gasteiger partial charge on any atom is -0.399 e. The van der Waals surface area contributed by atoms with E-state index in [4.69, 9.17) is 10.3 Å². The fourth-order valence-electron chi connectivity index (χ4n) is 1.86. The van der Waals surface area contributed by atoms with Crippen molar-refractivity contribution in [2.24, 2.45) is 0 Å². The van der Waals surface area contributed by atoms with E-state index in [2.05, 4.69) is 15.6 Å². The number of hydrogen-bond acceptors (Lipinski definition) is 5. The fraction of sp³-hybridized carbons (Fsp3) is 0.0714. The Morgan fingerprint density at radius 2 is 2.19 bits per heavy atom. The summed E-state index contributed by atoms with van der Waals surface area (Å²) in [7, 11) is 0. The van der Waals surface area contributed by atoms with E-state index in [1.165, 1.54) is 0 Å². The molecule has 3 aromatic rings. The molecule has 106 valence electrons. The van der Waals surface area contributed by atoms with Crippen molar-refractivity contribution >= 4 is 17.4 Å². The van der Waals surface area contributed by atoms with Crippen molar-refractivity contribution in [1.82, 2.24) is 14.9 Å². The van der Waals surface area contributed by atoms with E-state index >= 15 is 0 Å². The second-order valence-electron chi connectivity index (χ2n) is 4.52. The molecular weight excluding hydrogens is 270 g/mol. The molecule has 2 heterocycles. The standard InChI is InChI=1S/C14H13N5O2/c1-9-7-13(18-21-9)16-14(20)12-5-6-19(17-12)11-4-2-3-10(15)8-11/h2-8H,15H2,1H3,(H,16,18,20). The highest BCUT2D eigenvalue weighted by molar-refractivity contribution is 6.02. The van der Waals surface area contributed by atoms with Crippen molar-refractivity contribution < 1.29 is 9.32 Å². The highest BCUT2D eigenvalue weighted by Gasteiger charge is 2.12. The van der Waals surface area contributed by atoms with Crippen LogP contribution in [0.3, 0.4) is 0 Å². The molecule has 1 aromatic carbocycles. The minimum absolute atomic E-state index is 0.276. The first-order chi connectivity index (χ1) is 10.1. The maximum absolute atomic E-state index is 12.0. The number of nitrogens with one attached hydrogen (secondary N) is 1. The van der Waals surface area contributed by atoms with E-state index in [0.717, 1.165) is 5.69 Å². The van der Waals surface area contributed by atoms with Crippen LogP contribution in [0.5, 0.6) is 0 Å². The van der Waals surface area contributed by atoms with E-state index in [9.17, 15) is 4.79 Å². The molecule has 0 aliphatic heterocycles. The number of nitrogens with two attached hydrogens (primary N) is 1. The number of benzene rings is 1. The molecule has 0 unspecified atom stereocenters. The summed E-state index contributed by atoms with van der Waals surface area (Å²) in [4.78, 5) is 12.0. The largest absolute Gasteiger partial charge is 0.399 e. The molecule has 0 spiro atoms. The maximum atomic E-state index is 12.0. The zero-order chi connectivity index (χ0) is 14.8. The number of nitrogens with zero attached hydrogens (tertiary/aromatic N) is 3. The van der Waals surface area contributed by atoms with Crippen molar-refractivity contribution in [2.45, 2.75) is 6.92 Å². The van der Waals surface area contributed by atoms with Crippen LogP contribution in [0.2, 0.25) is 0 Å². The summed E-state index contributed by atoms with van der Waals surface area (Å²) in [5.41, 5.74) is 7.42. The summed E-state index contributed by atoms with van der Waals surface area (Å²) in [6.07, 6.45) is 1.69. The molecule has 21 heavy (non-hydrogen) atoms. The van der Waals surface area contributed by atoms with Gasteiger partial charge < -0.3 is 15.6 Å². The summed E-state index contributed by atoms with van der Waals surface area (Å²) in [5, 5.41) is 10.5. The number of carbonyl (C=O) groups is 1. The Labute approximate surface area is 120 Å². The van der Waals surface area contributed by atoms with Gasteiger partial charge >= 0.3 is 0 Å². The third-order valence-corrected chi connectivity index (χ3v) is 2.83. The number of hydrogen-bond donors (Lipinski definition) is 2. The molecule has 1 amide bonds. The molecule has 0 fully saturated rings. The van der Waals surface area contributed by atoms with E-state index < -0.39 is 0 Å². The molecule has 0 saturated carbocycles. The van der Waals surface area contributed by atoms with Crippen LogP contribution in [0.1, 0.15) is 16.2 Å². The van der Waals surface area contributed by atoms with Gasteiger partial charge in [-0.1, -0.05) is 11.2 Å². The molecule has 0 bridgehead atoms. The normalized spacial score (nSPS) is 10.5. The van der Waals surface area contributed by atoms with Gasteiger partial charge in [-0.2, -0.15) is 5.10 Å². The maximum Gasteiger partial charge on any atom is 0.277 e. The molecule has 3 rings (SSSR count). The second-order valence-corrected chi connectivity index (χ2v) is 4.52. The fourth-order valence-corrected chi connectivity index (χ4v) is 1.86. The van der Waals surface area contributed by atoms with Gasteiger partial charge in [-0.15, -0.1) is 0 Å². The molecule has 0 aliphatic carbocycles. The van der Waals surface area contributed by atoms with E-state index in [-0.39, 0.29) is 11.6 Å². The van der Waals surface area contributed by atoms with Crippen LogP contribution < -0.4 is 11.1 Å². The van der Waals surface area contributed by atoms with Gasteiger partial charge in [0, 0.05) is 18.0 Å². The lowest BCUT2D eigenvalue weighted by atomic mass is 10.3. The molecule has 7 nitrogen and oxygen atoms in total. The van der Waals surface area contributed by atoms with E-state index in [1.807, 2.05) is 12.1 Å². The van der Waals surface area contributed by atoms with Crippen LogP contribution in [0, 0.1) is 6.92 Å². The first-order valence-corrected chi connectivity index (χ1v) is 6.28.